The number of para-hydroxylation sites is 1. The third-order valence-electron chi connectivity index (χ3n) is 3.73. The van der Waals surface area contributed by atoms with E-state index in [1.54, 1.807) is 0 Å². The molecule has 3 nitrogen and oxygen atoms in total. The second-order valence-electron chi connectivity index (χ2n) is 5.01. The molecule has 0 saturated heterocycles. The number of benzene rings is 2. The second-order valence-corrected chi connectivity index (χ2v) is 5.01. The van der Waals surface area contributed by atoms with Gasteiger partial charge in [-0.3, -0.25) is 4.79 Å². The molecule has 0 atom stereocenters. The lowest BCUT2D eigenvalue weighted by Gasteiger charge is -2.10. The van der Waals surface area contributed by atoms with Gasteiger partial charge in [-0.2, -0.15) is 0 Å². The number of nitrogens with one attached hydrogen (secondary N) is 2. The highest BCUT2D eigenvalue weighted by Crippen LogP contribution is 2.24. The largest absolute Gasteiger partial charge is 0.384 e. The van der Waals surface area contributed by atoms with Crippen molar-refractivity contribution in [3.05, 3.63) is 59.2 Å². The summed E-state index contributed by atoms with van der Waals surface area (Å²) >= 11 is 0. The van der Waals surface area contributed by atoms with Gasteiger partial charge < -0.3 is 10.6 Å². The summed E-state index contributed by atoms with van der Waals surface area (Å²) in [5.41, 5.74) is 5.12. The van der Waals surface area contributed by atoms with Crippen molar-refractivity contribution in [2.45, 2.75) is 19.8 Å². The topological polar surface area (TPSA) is 41.1 Å². The SMILES string of the molecule is CCc1ccccc1NC(=O)c1ccc2c(c1)NCC2. The summed E-state index contributed by atoms with van der Waals surface area (Å²) in [5.74, 6) is -0.0533. The molecule has 20 heavy (non-hydrogen) atoms. The van der Waals surface area contributed by atoms with Gasteiger partial charge in [0.15, 0.2) is 0 Å². The van der Waals surface area contributed by atoms with Crippen LogP contribution in [0.25, 0.3) is 0 Å². The van der Waals surface area contributed by atoms with Crippen LogP contribution in [0, 0.1) is 0 Å². The Morgan fingerprint density at radius 2 is 2.10 bits per heavy atom. The Morgan fingerprint density at radius 3 is 2.95 bits per heavy atom. The van der Waals surface area contributed by atoms with Crippen LogP contribution in [0.4, 0.5) is 11.4 Å². The molecule has 0 saturated carbocycles. The minimum Gasteiger partial charge on any atom is -0.384 e. The maximum atomic E-state index is 12.3. The summed E-state index contributed by atoms with van der Waals surface area (Å²) in [6.45, 7) is 3.05. The number of fused-ring (bicyclic) bond motifs is 1. The highest BCUT2D eigenvalue weighted by atomic mass is 16.1. The third-order valence-corrected chi connectivity index (χ3v) is 3.73. The highest BCUT2D eigenvalue weighted by Gasteiger charge is 2.14. The van der Waals surface area contributed by atoms with Crippen LogP contribution in [0.15, 0.2) is 42.5 Å². The minimum absolute atomic E-state index is 0.0533. The molecule has 0 radical (unpaired) electrons. The average Bonchev–Trinajstić information content (AvgIpc) is 2.95. The lowest BCUT2D eigenvalue weighted by Crippen LogP contribution is -2.13. The summed E-state index contributed by atoms with van der Waals surface area (Å²) in [7, 11) is 0. The van der Waals surface area contributed by atoms with E-state index >= 15 is 0 Å². The van der Waals surface area contributed by atoms with Gasteiger partial charge in [0.25, 0.3) is 5.91 Å². The normalized spacial score (nSPS) is 12.7. The molecule has 1 amide bonds. The second kappa shape index (κ2) is 5.37. The number of anilines is 2. The van der Waals surface area contributed by atoms with Crippen molar-refractivity contribution in [2.75, 3.05) is 17.2 Å². The standard InChI is InChI=1S/C17H18N2O/c1-2-12-5-3-4-6-15(12)19-17(20)14-8-7-13-9-10-18-16(13)11-14/h3-8,11,18H,2,9-10H2,1H3,(H,19,20). The number of aryl methyl sites for hydroxylation is 1. The van der Waals surface area contributed by atoms with Crippen molar-refractivity contribution < 1.29 is 4.79 Å². The quantitative estimate of drug-likeness (QED) is 0.893. The van der Waals surface area contributed by atoms with E-state index in [0.717, 1.165) is 36.3 Å². The predicted octanol–water partition coefficient (Wildman–Crippen LogP) is 3.47. The van der Waals surface area contributed by atoms with Crippen LogP contribution in [-0.4, -0.2) is 12.5 Å². The molecule has 3 heteroatoms. The zero-order valence-corrected chi connectivity index (χ0v) is 11.6. The molecule has 2 aromatic carbocycles. The molecule has 0 fully saturated rings. The molecule has 0 aromatic heterocycles. The van der Waals surface area contributed by atoms with Crippen molar-refractivity contribution in [1.29, 1.82) is 0 Å². The molecule has 3 rings (SSSR count). The molecule has 102 valence electrons. The molecule has 2 aromatic rings. The molecule has 2 N–H and O–H groups in total. The summed E-state index contributed by atoms with van der Waals surface area (Å²) in [6, 6.07) is 13.8. The number of rotatable bonds is 3. The first-order valence-electron chi connectivity index (χ1n) is 7.04. The minimum atomic E-state index is -0.0533. The third kappa shape index (κ3) is 2.39. The van der Waals surface area contributed by atoms with Gasteiger partial charge in [0.05, 0.1) is 0 Å². The maximum absolute atomic E-state index is 12.3. The van der Waals surface area contributed by atoms with E-state index in [4.69, 9.17) is 0 Å². The van der Waals surface area contributed by atoms with E-state index in [1.165, 1.54) is 5.56 Å². The molecule has 1 heterocycles. The maximum Gasteiger partial charge on any atom is 0.255 e. The van der Waals surface area contributed by atoms with Crippen molar-refractivity contribution in [1.82, 2.24) is 0 Å². The Morgan fingerprint density at radius 1 is 1.25 bits per heavy atom. The molecule has 0 unspecified atom stereocenters. The van der Waals surface area contributed by atoms with Crippen molar-refractivity contribution in [2.24, 2.45) is 0 Å². The van der Waals surface area contributed by atoms with Crippen LogP contribution >= 0.6 is 0 Å². The monoisotopic (exact) mass is 266 g/mol. The van der Waals surface area contributed by atoms with Gasteiger partial charge in [-0.1, -0.05) is 31.2 Å². The van der Waals surface area contributed by atoms with E-state index < -0.39 is 0 Å². The van der Waals surface area contributed by atoms with E-state index in [0.29, 0.717) is 5.56 Å². The van der Waals surface area contributed by atoms with Gasteiger partial charge >= 0.3 is 0 Å². The van der Waals surface area contributed by atoms with Gasteiger partial charge in [0, 0.05) is 23.5 Å². The molecule has 0 aliphatic carbocycles. The summed E-state index contributed by atoms with van der Waals surface area (Å²) in [6.07, 6.45) is 1.94. The first-order valence-corrected chi connectivity index (χ1v) is 7.04. The molecular formula is C17H18N2O. The lowest BCUT2D eigenvalue weighted by atomic mass is 10.1. The Labute approximate surface area is 119 Å². The zero-order chi connectivity index (χ0) is 13.9. The number of amides is 1. The Balaban J connectivity index is 1.83. The van der Waals surface area contributed by atoms with Gasteiger partial charge in [0.2, 0.25) is 0 Å². The number of hydrogen-bond acceptors (Lipinski definition) is 2. The number of carbonyl (C=O) groups is 1. The summed E-state index contributed by atoms with van der Waals surface area (Å²) < 4.78 is 0. The van der Waals surface area contributed by atoms with Gasteiger partial charge in [-0.05, 0) is 42.2 Å². The van der Waals surface area contributed by atoms with Crippen LogP contribution in [-0.2, 0) is 12.8 Å². The number of carbonyl (C=O) groups excluding carboxylic acids is 1. The fraction of sp³-hybridized carbons (Fsp3) is 0.235. The molecule has 1 aliphatic rings. The Hall–Kier alpha value is -2.29. The number of hydrogen-bond donors (Lipinski definition) is 2. The van der Waals surface area contributed by atoms with Gasteiger partial charge in [-0.25, -0.2) is 0 Å². The predicted molar refractivity (Wildman–Crippen MR) is 82.4 cm³/mol. The van der Waals surface area contributed by atoms with Gasteiger partial charge in [-0.15, -0.1) is 0 Å². The van der Waals surface area contributed by atoms with Crippen molar-refractivity contribution >= 4 is 17.3 Å². The lowest BCUT2D eigenvalue weighted by molar-refractivity contribution is 0.102. The van der Waals surface area contributed by atoms with E-state index in [2.05, 4.69) is 17.6 Å². The van der Waals surface area contributed by atoms with E-state index in [1.807, 2.05) is 42.5 Å². The molecule has 0 bridgehead atoms. The van der Waals surface area contributed by atoms with Crippen LogP contribution in [0.3, 0.4) is 0 Å². The fourth-order valence-electron chi connectivity index (χ4n) is 2.58. The van der Waals surface area contributed by atoms with Crippen LogP contribution in [0.1, 0.15) is 28.4 Å². The first kappa shape index (κ1) is 12.7. The van der Waals surface area contributed by atoms with Crippen LogP contribution < -0.4 is 10.6 Å². The van der Waals surface area contributed by atoms with Gasteiger partial charge in [0.1, 0.15) is 0 Å². The first-order chi connectivity index (χ1) is 9.78. The highest BCUT2D eigenvalue weighted by molar-refractivity contribution is 6.05. The van der Waals surface area contributed by atoms with Crippen LogP contribution in [0.2, 0.25) is 0 Å². The molecular weight excluding hydrogens is 248 g/mol. The van der Waals surface area contributed by atoms with Crippen LogP contribution in [0.5, 0.6) is 0 Å². The zero-order valence-electron chi connectivity index (χ0n) is 11.6. The average molecular weight is 266 g/mol. The molecule has 0 spiro atoms. The Bertz CT molecular complexity index is 649. The Kier molecular flexibility index (Phi) is 3.42. The van der Waals surface area contributed by atoms with E-state index in [9.17, 15) is 4.79 Å². The van der Waals surface area contributed by atoms with Crippen molar-refractivity contribution in [3.63, 3.8) is 0 Å². The molecule has 1 aliphatic heterocycles. The van der Waals surface area contributed by atoms with Crippen molar-refractivity contribution in [3.8, 4) is 0 Å². The summed E-state index contributed by atoms with van der Waals surface area (Å²) in [5, 5.41) is 6.30. The smallest absolute Gasteiger partial charge is 0.255 e. The van der Waals surface area contributed by atoms with E-state index in [-0.39, 0.29) is 5.91 Å². The summed E-state index contributed by atoms with van der Waals surface area (Å²) in [4.78, 5) is 12.3. The fourth-order valence-corrected chi connectivity index (χ4v) is 2.58.